The van der Waals surface area contributed by atoms with Crippen LogP contribution in [0.15, 0.2) is 0 Å². The lowest BCUT2D eigenvalue weighted by Gasteiger charge is -2.42. The molecule has 1 aliphatic carbocycles. The molecule has 5 heteroatoms. The minimum Gasteiger partial charge on any atom is -0.396 e. The van der Waals surface area contributed by atoms with Crippen LogP contribution >= 0.6 is 0 Å². The van der Waals surface area contributed by atoms with Gasteiger partial charge in [-0.15, -0.1) is 0 Å². The van der Waals surface area contributed by atoms with E-state index in [1.807, 2.05) is 4.90 Å². The maximum atomic E-state index is 12.5. The molecule has 126 valence electrons. The third kappa shape index (κ3) is 4.00. The first kappa shape index (κ1) is 16.2. The molecule has 2 heterocycles. The Hall–Kier alpha value is -0.650. The van der Waals surface area contributed by atoms with Gasteiger partial charge in [0.05, 0.1) is 6.54 Å². The molecule has 1 amide bonds. The summed E-state index contributed by atoms with van der Waals surface area (Å²) in [6.45, 7) is 6.40. The average Bonchev–Trinajstić information content (AvgIpc) is 3.32. The molecule has 1 saturated carbocycles. The molecular weight excluding hydrogens is 278 g/mol. The number of aliphatic hydroxyl groups is 1. The number of piperazine rings is 1. The second-order valence-electron chi connectivity index (χ2n) is 7.80. The summed E-state index contributed by atoms with van der Waals surface area (Å²) < 4.78 is 0. The number of likely N-dealkylation sites (N-methyl/N-ethyl adjacent to an activating group) is 1. The minimum atomic E-state index is 0.0574. The van der Waals surface area contributed by atoms with E-state index in [2.05, 4.69) is 16.8 Å². The SMILES string of the molecule is CN1CCN(C(=O)CN2CCC[C@](CO)(CC3CC3)C2)CC1. The van der Waals surface area contributed by atoms with Crippen LogP contribution in [0.25, 0.3) is 0 Å². The van der Waals surface area contributed by atoms with Crippen LogP contribution in [0.4, 0.5) is 0 Å². The van der Waals surface area contributed by atoms with Gasteiger partial charge >= 0.3 is 0 Å². The van der Waals surface area contributed by atoms with Gasteiger partial charge in [0.2, 0.25) is 5.91 Å². The summed E-state index contributed by atoms with van der Waals surface area (Å²) in [4.78, 5) is 19.1. The van der Waals surface area contributed by atoms with Crippen molar-refractivity contribution in [1.82, 2.24) is 14.7 Å². The van der Waals surface area contributed by atoms with Crippen molar-refractivity contribution in [1.29, 1.82) is 0 Å². The van der Waals surface area contributed by atoms with Crippen LogP contribution in [0, 0.1) is 11.3 Å². The third-order valence-electron chi connectivity index (χ3n) is 5.71. The Labute approximate surface area is 134 Å². The van der Waals surface area contributed by atoms with Crippen LogP contribution in [0.3, 0.4) is 0 Å². The van der Waals surface area contributed by atoms with Gasteiger partial charge in [0.1, 0.15) is 0 Å². The number of nitrogens with zero attached hydrogens (tertiary/aromatic N) is 3. The molecule has 1 atom stereocenters. The summed E-state index contributed by atoms with van der Waals surface area (Å²) in [5.74, 6) is 1.11. The molecule has 3 fully saturated rings. The van der Waals surface area contributed by atoms with E-state index in [1.165, 1.54) is 12.8 Å². The average molecular weight is 309 g/mol. The number of rotatable bonds is 5. The van der Waals surface area contributed by atoms with E-state index in [0.29, 0.717) is 6.54 Å². The van der Waals surface area contributed by atoms with Crippen LogP contribution in [0.1, 0.15) is 32.1 Å². The number of hydrogen-bond acceptors (Lipinski definition) is 4. The monoisotopic (exact) mass is 309 g/mol. The number of carbonyl (C=O) groups excluding carboxylic acids is 1. The number of aliphatic hydroxyl groups excluding tert-OH is 1. The second-order valence-corrected chi connectivity index (χ2v) is 7.80. The molecule has 1 N–H and O–H groups in total. The van der Waals surface area contributed by atoms with Gasteiger partial charge in [-0.3, -0.25) is 9.69 Å². The number of piperidine rings is 1. The van der Waals surface area contributed by atoms with E-state index >= 15 is 0 Å². The topological polar surface area (TPSA) is 47.0 Å². The molecule has 2 saturated heterocycles. The summed E-state index contributed by atoms with van der Waals surface area (Å²) in [5.41, 5.74) is 0.0574. The van der Waals surface area contributed by atoms with Crippen molar-refractivity contribution in [3.63, 3.8) is 0 Å². The predicted molar refractivity (Wildman–Crippen MR) is 86.6 cm³/mol. The van der Waals surface area contributed by atoms with Gasteiger partial charge < -0.3 is 14.9 Å². The largest absolute Gasteiger partial charge is 0.396 e. The quantitative estimate of drug-likeness (QED) is 0.809. The highest BCUT2D eigenvalue weighted by Crippen LogP contribution is 2.44. The van der Waals surface area contributed by atoms with Gasteiger partial charge in [-0.25, -0.2) is 0 Å². The Bertz CT molecular complexity index is 391. The zero-order valence-corrected chi connectivity index (χ0v) is 14.0. The highest BCUT2D eigenvalue weighted by molar-refractivity contribution is 5.78. The molecule has 0 aromatic carbocycles. The van der Waals surface area contributed by atoms with Crippen LogP contribution in [0.2, 0.25) is 0 Å². The molecular formula is C17H31N3O2. The van der Waals surface area contributed by atoms with E-state index in [-0.39, 0.29) is 17.9 Å². The lowest BCUT2D eigenvalue weighted by molar-refractivity contribution is -0.135. The molecule has 0 radical (unpaired) electrons. The zero-order valence-electron chi connectivity index (χ0n) is 14.0. The first-order valence-corrected chi connectivity index (χ1v) is 8.90. The summed E-state index contributed by atoms with van der Waals surface area (Å²) in [5, 5.41) is 9.92. The maximum absolute atomic E-state index is 12.5. The zero-order chi connectivity index (χ0) is 15.6. The van der Waals surface area contributed by atoms with Crippen LogP contribution in [-0.2, 0) is 4.79 Å². The van der Waals surface area contributed by atoms with E-state index < -0.39 is 0 Å². The van der Waals surface area contributed by atoms with Crippen molar-refractivity contribution in [2.45, 2.75) is 32.1 Å². The standard InChI is InChI=1S/C17H31N3O2/c1-18-7-9-20(10-8-18)16(22)12-19-6-2-5-17(13-19,14-21)11-15-3-4-15/h15,21H,2-14H2,1H3/t17-/m0/s1. The lowest BCUT2D eigenvalue weighted by atomic mass is 9.76. The van der Waals surface area contributed by atoms with E-state index in [9.17, 15) is 9.90 Å². The highest BCUT2D eigenvalue weighted by atomic mass is 16.3. The van der Waals surface area contributed by atoms with E-state index in [0.717, 1.165) is 64.4 Å². The molecule has 0 bridgehead atoms. The van der Waals surface area contributed by atoms with Crippen molar-refractivity contribution in [2.24, 2.45) is 11.3 Å². The second kappa shape index (κ2) is 6.85. The Morgan fingerprint density at radius 2 is 1.91 bits per heavy atom. The summed E-state index contributed by atoms with van der Waals surface area (Å²) in [6, 6.07) is 0. The van der Waals surface area contributed by atoms with Crippen molar-refractivity contribution in [3.8, 4) is 0 Å². The molecule has 2 aliphatic heterocycles. The molecule has 0 unspecified atom stereocenters. The smallest absolute Gasteiger partial charge is 0.236 e. The van der Waals surface area contributed by atoms with Crippen molar-refractivity contribution >= 4 is 5.91 Å². The fraction of sp³-hybridized carbons (Fsp3) is 0.941. The van der Waals surface area contributed by atoms with Gasteiger partial charge in [-0.2, -0.15) is 0 Å². The minimum absolute atomic E-state index is 0.0574. The van der Waals surface area contributed by atoms with Crippen molar-refractivity contribution in [3.05, 3.63) is 0 Å². The Kier molecular flexibility index (Phi) is 5.05. The fourth-order valence-corrected chi connectivity index (χ4v) is 4.09. The van der Waals surface area contributed by atoms with Crippen LogP contribution in [-0.4, -0.2) is 85.2 Å². The lowest BCUT2D eigenvalue weighted by Crippen LogP contribution is -2.53. The Morgan fingerprint density at radius 1 is 1.18 bits per heavy atom. The van der Waals surface area contributed by atoms with Crippen LogP contribution in [0.5, 0.6) is 0 Å². The summed E-state index contributed by atoms with van der Waals surface area (Å²) in [6.07, 6.45) is 6.06. The van der Waals surface area contributed by atoms with E-state index in [1.54, 1.807) is 0 Å². The first-order chi connectivity index (χ1) is 10.6. The first-order valence-electron chi connectivity index (χ1n) is 8.90. The number of amides is 1. The number of likely N-dealkylation sites (tertiary alicyclic amines) is 1. The Balaban J connectivity index is 1.51. The van der Waals surface area contributed by atoms with Gasteiger partial charge in [0.25, 0.3) is 0 Å². The molecule has 22 heavy (non-hydrogen) atoms. The number of carbonyl (C=O) groups is 1. The van der Waals surface area contributed by atoms with Crippen LogP contribution < -0.4 is 0 Å². The molecule has 5 nitrogen and oxygen atoms in total. The molecule has 0 aromatic heterocycles. The fourth-order valence-electron chi connectivity index (χ4n) is 4.09. The Morgan fingerprint density at radius 3 is 2.55 bits per heavy atom. The number of hydrogen-bond donors (Lipinski definition) is 1. The van der Waals surface area contributed by atoms with E-state index in [4.69, 9.17) is 0 Å². The molecule has 3 rings (SSSR count). The van der Waals surface area contributed by atoms with Gasteiger partial charge in [0, 0.05) is 44.7 Å². The predicted octanol–water partition coefficient (Wildman–Crippen LogP) is 0.635. The molecule has 0 spiro atoms. The molecule has 3 aliphatic rings. The molecule has 0 aromatic rings. The van der Waals surface area contributed by atoms with Crippen molar-refractivity contribution < 1.29 is 9.90 Å². The normalized spacial score (nSPS) is 31.5. The summed E-state index contributed by atoms with van der Waals surface area (Å²) >= 11 is 0. The van der Waals surface area contributed by atoms with Gasteiger partial charge in [-0.1, -0.05) is 12.8 Å². The highest BCUT2D eigenvalue weighted by Gasteiger charge is 2.40. The summed E-state index contributed by atoms with van der Waals surface area (Å²) in [7, 11) is 2.11. The van der Waals surface area contributed by atoms with Gasteiger partial charge in [-0.05, 0) is 38.8 Å². The van der Waals surface area contributed by atoms with Gasteiger partial charge in [0.15, 0.2) is 0 Å². The maximum Gasteiger partial charge on any atom is 0.236 e. The third-order valence-corrected chi connectivity index (χ3v) is 5.71. The van der Waals surface area contributed by atoms with Crippen molar-refractivity contribution in [2.75, 3.05) is 59.5 Å².